The molecule has 0 heterocycles. The van der Waals surface area contributed by atoms with Crippen molar-refractivity contribution in [1.82, 2.24) is 5.32 Å². The molecule has 2 N–H and O–H groups in total. The second-order valence-electron chi connectivity index (χ2n) is 4.39. The molecule has 4 heteroatoms. The SMILES string of the molecule is COc1ccc(C(=O)NCC2CCC2)c(O)c1. The topological polar surface area (TPSA) is 58.6 Å². The van der Waals surface area contributed by atoms with Crippen molar-refractivity contribution in [1.29, 1.82) is 0 Å². The van der Waals surface area contributed by atoms with Gasteiger partial charge in [-0.15, -0.1) is 0 Å². The summed E-state index contributed by atoms with van der Waals surface area (Å²) in [7, 11) is 1.52. The molecule has 1 aliphatic carbocycles. The number of hydrogen-bond acceptors (Lipinski definition) is 3. The second-order valence-corrected chi connectivity index (χ2v) is 4.39. The lowest BCUT2D eigenvalue weighted by molar-refractivity contribution is 0.0936. The van der Waals surface area contributed by atoms with Crippen molar-refractivity contribution in [2.24, 2.45) is 5.92 Å². The number of carbonyl (C=O) groups excluding carboxylic acids is 1. The number of phenols is 1. The normalized spacial score (nSPS) is 15.1. The third-order valence-electron chi connectivity index (χ3n) is 3.23. The zero-order chi connectivity index (χ0) is 12.3. The van der Waals surface area contributed by atoms with E-state index in [1.54, 1.807) is 12.1 Å². The average Bonchev–Trinajstić information content (AvgIpc) is 2.26. The van der Waals surface area contributed by atoms with Crippen molar-refractivity contribution in [2.75, 3.05) is 13.7 Å². The number of ether oxygens (including phenoxy) is 1. The van der Waals surface area contributed by atoms with E-state index < -0.39 is 0 Å². The van der Waals surface area contributed by atoms with Gasteiger partial charge in [0.1, 0.15) is 11.5 Å². The Balaban J connectivity index is 1.97. The summed E-state index contributed by atoms with van der Waals surface area (Å²) in [4.78, 5) is 11.8. The number of rotatable bonds is 4. The highest BCUT2D eigenvalue weighted by molar-refractivity contribution is 5.97. The molecule has 0 atom stereocenters. The Hall–Kier alpha value is -1.71. The van der Waals surface area contributed by atoms with Gasteiger partial charge >= 0.3 is 0 Å². The molecule has 1 amide bonds. The minimum atomic E-state index is -0.225. The summed E-state index contributed by atoms with van der Waals surface area (Å²) >= 11 is 0. The molecule has 0 unspecified atom stereocenters. The van der Waals surface area contributed by atoms with Crippen LogP contribution in [0.1, 0.15) is 29.6 Å². The quantitative estimate of drug-likeness (QED) is 0.838. The molecule has 92 valence electrons. The number of phenolic OH excluding ortho intramolecular Hbond substituents is 1. The van der Waals surface area contributed by atoms with Crippen molar-refractivity contribution < 1.29 is 14.6 Å². The van der Waals surface area contributed by atoms with Gasteiger partial charge in [0.25, 0.3) is 5.91 Å². The number of methoxy groups -OCH3 is 1. The van der Waals surface area contributed by atoms with E-state index in [0.717, 1.165) is 0 Å². The summed E-state index contributed by atoms with van der Waals surface area (Å²) in [6, 6.07) is 4.68. The van der Waals surface area contributed by atoms with E-state index in [2.05, 4.69) is 5.32 Å². The van der Waals surface area contributed by atoms with E-state index in [1.165, 1.54) is 32.4 Å². The molecule has 0 bridgehead atoms. The van der Waals surface area contributed by atoms with Crippen LogP contribution >= 0.6 is 0 Å². The highest BCUT2D eigenvalue weighted by Gasteiger charge is 2.19. The van der Waals surface area contributed by atoms with E-state index in [-0.39, 0.29) is 11.7 Å². The highest BCUT2D eigenvalue weighted by Crippen LogP contribution is 2.26. The second kappa shape index (κ2) is 5.08. The molecule has 0 aliphatic heterocycles. The fourth-order valence-electron chi connectivity index (χ4n) is 1.86. The monoisotopic (exact) mass is 235 g/mol. The third-order valence-corrected chi connectivity index (χ3v) is 3.23. The number of carbonyl (C=O) groups is 1. The molecule has 1 aromatic carbocycles. The minimum Gasteiger partial charge on any atom is -0.507 e. The van der Waals surface area contributed by atoms with Gasteiger partial charge in [0.05, 0.1) is 12.7 Å². The van der Waals surface area contributed by atoms with Crippen LogP contribution in [0.3, 0.4) is 0 Å². The minimum absolute atomic E-state index is 0.0459. The average molecular weight is 235 g/mol. The molecule has 1 fully saturated rings. The van der Waals surface area contributed by atoms with Crippen molar-refractivity contribution in [3.05, 3.63) is 23.8 Å². The van der Waals surface area contributed by atoms with Crippen molar-refractivity contribution in [3.8, 4) is 11.5 Å². The van der Waals surface area contributed by atoms with Crippen LogP contribution in [0.25, 0.3) is 0 Å². The molecule has 4 nitrogen and oxygen atoms in total. The van der Waals surface area contributed by atoms with Gasteiger partial charge in [0, 0.05) is 12.6 Å². The number of aromatic hydroxyl groups is 1. The molecule has 0 aromatic heterocycles. The predicted octanol–water partition coefficient (Wildman–Crippen LogP) is 1.93. The number of amides is 1. The van der Waals surface area contributed by atoms with Crippen LogP contribution in [0.2, 0.25) is 0 Å². The lowest BCUT2D eigenvalue weighted by atomic mass is 9.85. The zero-order valence-corrected chi connectivity index (χ0v) is 9.90. The Morgan fingerprint density at radius 1 is 1.53 bits per heavy atom. The summed E-state index contributed by atoms with van der Waals surface area (Å²) in [5.74, 6) is 0.880. The van der Waals surface area contributed by atoms with Gasteiger partial charge in [-0.2, -0.15) is 0 Å². The lowest BCUT2D eigenvalue weighted by Gasteiger charge is -2.25. The molecule has 17 heavy (non-hydrogen) atoms. The van der Waals surface area contributed by atoms with Crippen LogP contribution in [0.5, 0.6) is 11.5 Å². The fourth-order valence-corrected chi connectivity index (χ4v) is 1.86. The Bertz CT molecular complexity index is 413. The van der Waals surface area contributed by atoms with Gasteiger partial charge < -0.3 is 15.2 Å². The number of hydrogen-bond donors (Lipinski definition) is 2. The van der Waals surface area contributed by atoms with Crippen LogP contribution in [0, 0.1) is 5.92 Å². The Morgan fingerprint density at radius 3 is 2.82 bits per heavy atom. The van der Waals surface area contributed by atoms with E-state index in [1.807, 2.05) is 0 Å². The van der Waals surface area contributed by atoms with E-state index in [0.29, 0.717) is 23.8 Å². The van der Waals surface area contributed by atoms with Crippen molar-refractivity contribution >= 4 is 5.91 Å². The zero-order valence-electron chi connectivity index (χ0n) is 9.90. The first-order valence-corrected chi connectivity index (χ1v) is 5.86. The van der Waals surface area contributed by atoms with Crippen molar-refractivity contribution in [2.45, 2.75) is 19.3 Å². The number of nitrogens with one attached hydrogen (secondary N) is 1. The van der Waals surface area contributed by atoms with Gasteiger partial charge in [-0.05, 0) is 30.9 Å². The van der Waals surface area contributed by atoms with Gasteiger partial charge in [0.2, 0.25) is 0 Å². The third kappa shape index (κ3) is 2.70. The van der Waals surface area contributed by atoms with E-state index >= 15 is 0 Å². The summed E-state index contributed by atoms with van der Waals surface area (Å²) in [5, 5.41) is 12.5. The molecule has 2 rings (SSSR count). The van der Waals surface area contributed by atoms with Crippen LogP contribution in [0.4, 0.5) is 0 Å². The molecular formula is C13H17NO3. The Labute approximate surface area is 101 Å². The molecule has 0 radical (unpaired) electrons. The van der Waals surface area contributed by atoms with Gasteiger partial charge in [-0.1, -0.05) is 6.42 Å². The van der Waals surface area contributed by atoms with Crippen LogP contribution in [-0.4, -0.2) is 24.7 Å². The summed E-state index contributed by atoms with van der Waals surface area (Å²) < 4.78 is 4.96. The van der Waals surface area contributed by atoms with Crippen LogP contribution < -0.4 is 10.1 Å². The summed E-state index contributed by atoms with van der Waals surface area (Å²) in [6.07, 6.45) is 3.64. The van der Waals surface area contributed by atoms with Gasteiger partial charge in [0.15, 0.2) is 0 Å². The maximum Gasteiger partial charge on any atom is 0.255 e. The predicted molar refractivity (Wildman–Crippen MR) is 64.3 cm³/mol. The lowest BCUT2D eigenvalue weighted by Crippen LogP contribution is -2.32. The van der Waals surface area contributed by atoms with Crippen LogP contribution in [0.15, 0.2) is 18.2 Å². The number of benzene rings is 1. The van der Waals surface area contributed by atoms with Gasteiger partial charge in [-0.25, -0.2) is 0 Å². The maximum atomic E-state index is 11.8. The van der Waals surface area contributed by atoms with E-state index in [9.17, 15) is 9.90 Å². The molecule has 1 aliphatic rings. The molecule has 1 aromatic rings. The highest BCUT2D eigenvalue weighted by atomic mass is 16.5. The first-order chi connectivity index (χ1) is 8.20. The van der Waals surface area contributed by atoms with E-state index in [4.69, 9.17) is 4.74 Å². The summed E-state index contributed by atoms with van der Waals surface area (Å²) in [6.45, 7) is 0.699. The van der Waals surface area contributed by atoms with Crippen LogP contribution in [-0.2, 0) is 0 Å². The molecule has 0 spiro atoms. The van der Waals surface area contributed by atoms with Gasteiger partial charge in [-0.3, -0.25) is 4.79 Å². The standard InChI is InChI=1S/C13H17NO3/c1-17-10-5-6-11(12(15)7-10)13(16)14-8-9-3-2-4-9/h5-7,9,15H,2-4,8H2,1H3,(H,14,16). The largest absolute Gasteiger partial charge is 0.507 e. The Kier molecular flexibility index (Phi) is 3.52. The maximum absolute atomic E-state index is 11.8. The molecular weight excluding hydrogens is 218 g/mol. The summed E-state index contributed by atoms with van der Waals surface area (Å²) in [5.41, 5.74) is 0.296. The fraction of sp³-hybridized carbons (Fsp3) is 0.462. The smallest absolute Gasteiger partial charge is 0.255 e. The first-order valence-electron chi connectivity index (χ1n) is 5.86. The first kappa shape index (κ1) is 11.8. The van der Waals surface area contributed by atoms with Crippen molar-refractivity contribution in [3.63, 3.8) is 0 Å². The molecule has 0 saturated heterocycles. The molecule has 1 saturated carbocycles. The Morgan fingerprint density at radius 2 is 2.29 bits per heavy atom.